The smallest absolute Gasteiger partial charge is 0.243 e. The molecule has 1 atom stereocenters. The van der Waals surface area contributed by atoms with Gasteiger partial charge in [-0.3, -0.25) is 4.79 Å². The van der Waals surface area contributed by atoms with Crippen LogP contribution >= 0.6 is 0 Å². The van der Waals surface area contributed by atoms with Crippen LogP contribution in [0.4, 0.5) is 5.69 Å². The maximum absolute atomic E-state index is 12.5. The number of amides is 1. The number of rotatable bonds is 6. The molecular formula is C16H24N2O4S. The summed E-state index contributed by atoms with van der Waals surface area (Å²) >= 11 is 0. The molecule has 1 fully saturated rings. The number of anilines is 1. The number of hydrogen-bond acceptors (Lipinski definition) is 4. The Balaban J connectivity index is 2.05. The first-order valence-corrected chi connectivity index (χ1v) is 9.38. The molecule has 1 unspecified atom stereocenters. The Morgan fingerprint density at radius 2 is 1.87 bits per heavy atom. The minimum atomic E-state index is -3.49. The normalized spacial score (nSPS) is 17.7. The van der Waals surface area contributed by atoms with Crippen LogP contribution in [0.2, 0.25) is 0 Å². The first-order chi connectivity index (χ1) is 10.9. The van der Waals surface area contributed by atoms with Crippen LogP contribution in [0.15, 0.2) is 29.2 Å². The van der Waals surface area contributed by atoms with Gasteiger partial charge in [0.2, 0.25) is 15.9 Å². The van der Waals surface area contributed by atoms with Gasteiger partial charge in [0, 0.05) is 24.7 Å². The van der Waals surface area contributed by atoms with Gasteiger partial charge in [0.15, 0.2) is 0 Å². The van der Waals surface area contributed by atoms with Crippen LogP contribution in [0.1, 0.15) is 26.7 Å². The first-order valence-electron chi connectivity index (χ1n) is 7.94. The molecule has 0 radical (unpaired) electrons. The van der Waals surface area contributed by atoms with Gasteiger partial charge in [-0.15, -0.1) is 0 Å². The summed E-state index contributed by atoms with van der Waals surface area (Å²) in [6, 6.07) is 6.32. The fourth-order valence-corrected chi connectivity index (χ4v) is 3.88. The predicted octanol–water partition coefficient (Wildman–Crippen LogP) is 2.08. The third-order valence-electron chi connectivity index (χ3n) is 3.90. The Hall–Kier alpha value is -1.44. The van der Waals surface area contributed by atoms with E-state index in [0.29, 0.717) is 32.0 Å². The molecule has 1 aromatic carbocycles. The largest absolute Gasteiger partial charge is 0.379 e. The fourth-order valence-electron chi connectivity index (χ4n) is 2.48. The highest BCUT2D eigenvalue weighted by Crippen LogP contribution is 2.20. The topological polar surface area (TPSA) is 75.7 Å². The Labute approximate surface area is 137 Å². The molecule has 1 aliphatic heterocycles. The van der Waals surface area contributed by atoms with Crippen LogP contribution in [-0.4, -0.2) is 44.9 Å². The van der Waals surface area contributed by atoms with Gasteiger partial charge in [-0.25, -0.2) is 8.42 Å². The van der Waals surface area contributed by atoms with E-state index in [4.69, 9.17) is 4.74 Å². The molecule has 1 N–H and O–H groups in total. The van der Waals surface area contributed by atoms with Gasteiger partial charge >= 0.3 is 0 Å². The van der Waals surface area contributed by atoms with Crippen LogP contribution in [0.25, 0.3) is 0 Å². The summed E-state index contributed by atoms with van der Waals surface area (Å²) in [6.07, 6.45) is 1.78. The molecule has 1 amide bonds. The first kappa shape index (κ1) is 17.9. The summed E-state index contributed by atoms with van der Waals surface area (Å²) in [7, 11) is -3.49. The standard InChI is InChI=1S/C16H24N2O4S/c1-3-4-13(2)16(19)17-14-5-7-15(8-6-14)23(20,21)18-9-11-22-12-10-18/h5-8,13H,3-4,9-12H2,1-2H3,(H,17,19). The van der Waals surface area contributed by atoms with Gasteiger partial charge in [-0.2, -0.15) is 4.31 Å². The Morgan fingerprint density at radius 1 is 1.26 bits per heavy atom. The van der Waals surface area contributed by atoms with E-state index < -0.39 is 10.0 Å². The Bertz CT molecular complexity index is 622. The highest BCUT2D eigenvalue weighted by atomic mass is 32.2. The van der Waals surface area contributed by atoms with E-state index in [0.717, 1.165) is 12.8 Å². The van der Waals surface area contributed by atoms with E-state index in [9.17, 15) is 13.2 Å². The minimum absolute atomic E-state index is 0.0457. The third-order valence-corrected chi connectivity index (χ3v) is 5.81. The molecule has 0 aliphatic carbocycles. The molecule has 6 nitrogen and oxygen atoms in total. The molecule has 23 heavy (non-hydrogen) atoms. The van der Waals surface area contributed by atoms with Crippen molar-refractivity contribution in [2.24, 2.45) is 5.92 Å². The van der Waals surface area contributed by atoms with Crippen molar-refractivity contribution < 1.29 is 17.9 Å². The zero-order chi connectivity index (χ0) is 16.9. The average Bonchev–Trinajstić information content (AvgIpc) is 2.56. The summed E-state index contributed by atoms with van der Waals surface area (Å²) in [5.74, 6) is -0.104. The maximum atomic E-state index is 12.5. The molecule has 1 aromatic rings. The van der Waals surface area contributed by atoms with Gasteiger partial charge in [-0.1, -0.05) is 20.3 Å². The second kappa shape index (κ2) is 7.90. The van der Waals surface area contributed by atoms with Crippen molar-refractivity contribution in [3.05, 3.63) is 24.3 Å². The zero-order valence-electron chi connectivity index (χ0n) is 13.6. The van der Waals surface area contributed by atoms with Crippen molar-refractivity contribution >= 4 is 21.6 Å². The summed E-state index contributed by atoms with van der Waals surface area (Å²) in [5.41, 5.74) is 0.610. The number of hydrogen-bond donors (Lipinski definition) is 1. The van der Waals surface area contributed by atoms with Crippen molar-refractivity contribution in [3.63, 3.8) is 0 Å². The van der Waals surface area contributed by atoms with E-state index in [1.165, 1.54) is 16.4 Å². The molecule has 128 valence electrons. The zero-order valence-corrected chi connectivity index (χ0v) is 14.4. The van der Waals surface area contributed by atoms with Crippen molar-refractivity contribution in [2.75, 3.05) is 31.6 Å². The van der Waals surface area contributed by atoms with Gasteiger partial charge in [0.05, 0.1) is 18.1 Å². The predicted molar refractivity (Wildman–Crippen MR) is 88.7 cm³/mol. The summed E-state index contributed by atoms with van der Waals surface area (Å²) in [5, 5.41) is 2.82. The lowest BCUT2D eigenvalue weighted by molar-refractivity contribution is -0.119. The summed E-state index contributed by atoms with van der Waals surface area (Å²) in [6.45, 7) is 5.50. The molecule has 7 heteroatoms. The van der Waals surface area contributed by atoms with Crippen molar-refractivity contribution in [3.8, 4) is 0 Å². The van der Waals surface area contributed by atoms with E-state index in [2.05, 4.69) is 5.32 Å². The molecule has 0 spiro atoms. The lowest BCUT2D eigenvalue weighted by Crippen LogP contribution is -2.40. The molecule has 1 aliphatic rings. The number of nitrogens with zero attached hydrogens (tertiary/aromatic N) is 1. The quantitative estimate of drug-likeness (QED) is 0.860. The third kappa shape index (κ3) is 4.53. The maximum Gasteiger partial charge on any atom is 0.243 e. The van der Waals surface area contributed by atoms with E-state index >= 15 is 0 Å². The number of sulfonamides is 1. The highest BCUT2D eigenvalue weighted by Gasteiger charge is 2.26. The van der Waals surface area contributed by atoms with Crippen molar-refractivity contribution in [1.82, 2.24) is 4.31 Å². The molecule has 1 heterocycles. The highest BCUT2D eigenvalue weighted by molar-refractivity contribution is 7.89. The van der Waals surface area contributed by atoms with E-state index in [-0.39, 0.29) is 16.7 Å². The van der Waals surface area contributed by atoms with E-state index in [1.54, 1.807) is 12.1 Å². The second-order valence-corrected chi connectivity index (χ2v) is 7.66. The number of benzene rings is 1. The van der Waals surface area contributed by atoms with Gasteiger partial charge in [0.25, 0.3) is 0 Å². The lowest BCUT2D eigenvalue weighted by Gasteiger charge is -2.26. The number of nitrogens with one attached hydrogen (secondary N) is 1. The van der Waals surface area contributed by atoms with Gasteiger partial charge in [0.1, 0.15) is 0 Å². The number of morpholine rings is 1. The van der Waals surface area contributed by atoms with Gasteiger partial charge < -0.3 is 10.1 Å². The molecule has 0 aromatic heterocycles. The lowest BCUT2D eigenvalue weighted by atomic mass is 10.1. The number of carbonyl (C=O) groups excluding carboxylic acids is 1. The molecular weight excluding hydrogens is 316 g/mol. The summed E-state index contributed by atoms with van der Waals surface area (Å²) in [4.78, 5) is 12.2. The SMILES string of the molecule is CCCC(C)C(=O)Nc1ccc(S(=O)(=O)N2CCOCC2)cc1. The second-order valence-electron chi connectivity index (χ2n) is 5.72. The van der Waals surface area contributed by atoms with Crippen LogP contribution in [-0.2, 0) is 19.6 Å². The van der Waals surface area contributed by atoms with Crippen LogP contribution in [0, 0.1) is 5.92 Å². The summed E-state index contributed by atoms with van der Waals surface area (Å²) < 4.78 is 31.6. The Morgan fingerprint density at radius 3 is 2.43 bits per heavy atom. The Kier molecular flexibility index (Phi) is 6.15. The minimum Gasteiger partial charge on any atom is -0.379 e. The van der Waals surface area contributed by atoms with Crippen molar-refractivity contribution in [1.29, 1.82) is 0 Å². The van der Waals surface area contributed by atoms with Gasteiger partial charge in [-0.05, 0) is 30.7 Å². The monoisotopic (exact) mass is 340 g/mol. The van der Waals surface area contributed by atoms with Crippen LogP contribution in [0.5, 0.6) is 0 Å². The number of carbonyl (C=O) groups is 1. The molecule has 0 bridgehead atoms. The molecule has 2 rings (SSSR count). The van der Waals surface area contributed by atoms with Crippen LogP contribution < -0.4 is 5.32 Å². The molecule has 1 saturated heterocycles. The average molecular weight is 340 g/mol. The van der Waals surface area contributed by atoms with Crippen molar-refractivity contribution in [2.45, 2.75) is 31.6 Å². The van der Waals surface area contributed by atoms with E-state index in [1.807, 2.05) is 13.8 Å². The number of ether oxygens (including phenoxy) is 1. The molecule has 0 saturated carbocycles. The fraction of sp³-hybridized carbons (Fsp3) is 0.562. The van der Waals surface area contributed by atoms with Crippen LogP contribution in [0.3, 0.4) is 0 Å².